The van der Waals surface area contributed by atoms with Gasteiger partial charge in [-0.25, -0.2) is 0 Å². The Kier molecular flexibility index (Phi) is 6.93. The first-order valence-electron chi connectivity index (χ1n) is 10.00. The van der Waals surface area contributed by atoms with Crippen molar-refractivity contribution < 1.29 is 38.9 Å². The molecule has 0 unspecified atom stereocenters. The Morgan fingerprint density at radius 1 is 0.771 bits per heavy atom. The smallest absolute Gasteiger partial charge is 0.295 e. The van der Waals surface area contributed by atoms with Gasteiger partial charge in [0.15, 0.2) is 0 Å². The van der Waals surface area contributed by atoms with Gasteiger partial charge in [0.2, 0.25) is 0 Å². The lowest BCUT2D eigenvalue weighted by atomic mass is 10.1. The molecule has 5 N–H and O–H groups in total. The summed E-state index contributed by atoms with van der Waals surface area (Å²) in [5, 5.41) is 5.66. The van der Waals surface area contributed by atoms with Crippen molar-refractivity contribution in [3.63, 3.8) is 0 Å². The van der Waals surface area contributed by atoms with Gasteiger partial charge in [-0.1, -0.05) is 12.1 Å². The van der Waals surface area contributed by atoms with Gasteiger partial charge in [0, 0.05) is 28.8 Å². The maximum Gasteiger partial charge on any atom is 0.295 e. The average molecular weight is 545 g/mol. The van der Waals surface area contributed by atoms with Crippen LogP contribution in [0.3, 0.4) is 0 Å². The summed E-state index contributed by atoms with van der Waals surface area (Å²) in [6, 6.07) is 10.4. The zero-order valence-electron chi connectivity index (χ0n) is 18.8. The van der Waals surface area contributed by atoms with Gasteiger partial charge in [0.1, 0.15) is 4.90 Å². The number of anilines is 2. The van der Waals surface area contributed by atoms with Crippen LogP contribution in [0.1, 0.15) is 26.3 Å². The van der Waals surface area contributed by atoms with Crippen molar-refractivity contribution in [2.45, 2.75) is 47.5 Å². The minimum Gasteiger partial charge on any atom is -0.380 e. The van der Waals surface area contributed by atoms with Crippen LogP contribution in [0, 0.1) is 0 Å². The highest BCUT2D eigenvalue weighted by Gasteiger charge is 2.24. The fourth-order valence-corrected chi connectivity index (χ4v) is 5.37. The Balaban J connectivity index is 2.22. The molecule has 3 rings (SSSR count). The van der Waals surface area contributed by atoms with Crippen molar-refractivity contribution in [1.29, 1.82) is 0 Å². The number of nitrogens with one attached hydrogen (secondary N) is 2. The first-order valence-corrected chi connectivity index (χ1v) is 14.3. The lowest BCUT2D eigenvalue weighted by molar-refractivity contribution is 0.480. The van der Waals surface area contributed by atoms with E-state index in [0.29, 0.717) is 11.6 Å². The van der Waals surface area contributed by atoms with Crippen molar-refractivity contribution >= 4 is 52.5 Å². The monoisotopic (exact) mass is 544 g/mol. The van der Waals surface area contributed by atoms with Crippen LogP contribution in [0.15, 0.2) is 63.2 Å². The van der Waals surface area contributed by atoms with E-state index in [2.05, 4.69) is 10.6 Å². The van der Waals surface area contributed by atoms with Crippen LogP contribution in [0.25, 0.3) is 10.8 Å². The Bertz CT molecular complexity index is 1620. The van der Waals surface area contributed by atoms with Crippen LogP contribution in [0.2, 0.25) is 0 Å². The Morgan fingerprint density at radius 3 is 1.86 bits per heavy atom. The third-order valence-corrected chi connectivity index (χ3v) is 7.30. The molecule has 0 radical (unpaired) electrons. The summed E-state index contributed by atoms with van der Waals surface area (Å²) in [5.41, 5.74) is 1.16. The van der Waals surface area contributed by atoms with Gasteiger partial charge < -0.3 is 10.6 Å². The summed E-state index contributed by atoms with van der Waals surface area (Å²) in [5.74, 6) is 0. The van der Waals surface area contributed by atoms with Crippen LogP contribution >= 0.6 is 0 Å². The van der Waals surface area contributed by atoms with Gasteiger partial charge in [-0.2, -0.15) is 25.3 Å². The maximum atomic E-state index is 12.1. The largest absolute Gasteiger partial charge is 0.380 e. The van der Waals surface area contributed by atoms with Crippen molar-refractivity contribution in [2.24, 2.45) is 0 Å². The van der Waals surface area contributed by atoms with Crippen LogP contribution < -0.4 is 10.6 Å². The highest BCUT2D eigenvalue weighted by molar-refractivity contribution is 7.87. The van der Waals surface area contributed by atoms with Crippen molar-refractivity contribution in [2.75, 3.05) is 10.6 Å². The Morgan fingerprint density at radius 2 is 1.34 bits per heavy atom. The molecule has 0 spiro atoms. The number of hydrogen-bond donors (Lipinski definition) is 5. The molecular formula is C21H24N2O9S3. The van der Waals surface area contributed by atoms with Crippen molar-refractivity contribution in [3.05, 3.63) is 54.1 Å². The minimum atomic E-state index is -5.03. The normalized spacial score (nSPS) is 13.1. The summed E-state index contributed by atoms with van der Waals surface area (Å²) in [4.78, 5) is -2.43. The third-order valence-electron chi connectivity index (χ3n) is 4.76. The zero-order chi connectivity index (χ0) is 26.4. The quantitative estimate of drug-likeness (QED) is 0.274. The molecular weight excluding hydrogens is 520 g/mol. The van der Waals surface area contributed by atoms with E-state index >= 15 is 0 Å². The maximum absolute atomic E-state index is 12.1. The van der Waals surface area contributed by atoms with E-state index in [1.165, 1.54) is 0 Å². The molecule has 3 aromatic rings. The fourth-order valence-electron chi connectivity index (χ4n) is 3.45. The van der Waals surface area contributed by atoms with Crippen LogP contribution in [0.5, 0.6) is 0 Å². The molecule has 0 amide bonds. The topological polar surface area (TPSA) is 187 Å². The van der Waals surface area contributed by atoms with E-state index in [1.54, 1.807) is 12.1 Å². The molecule has 14 heteroatoms. The second-order valence-corrected chi connectivity index (χ2v) is 13.1. The van der Waals surface area contributed by atoms with Crippen molar-refractivity contribution in [1.82, 2.24) is 0 Å². The highest BCUT2D eigenvalue weighted by atomic mass is 32.2. The molecule has 35 heavy (non-hydrogen) atoms. The molecule has 0 fully saturated rings. The number of benzene rings is 3. The Hall–Kier alpha value is -2.75. The number of fused-ring (bicyclic) bond motifs is 1. The van der Waals surface area contributed by atoms with E-state index in [-0.39, 0.29) is 28.5 Å². The molecule has 0 aliphatic carbocycles. The van der Waals surface area contributed by atoms with Gasteiger partial charge in [-0.3, -0.25) is 13.7 Å². The predicted molar refractivity (Wildman–Crippen MR) is 131 cm³/mol. The van der Waals surface area contributed by atoms with Gasteiger partial charge in [-0.15, -0.1) is 0 Å². The molecule has 0 saturated carbocycles. The molecule has 0 bridgehead atoms. The SMILES string of the molecule is CC(C)(C)Nc1cccc(CNc2cc(S(=O)(=O)O)cc3cc(S(=O)(=O)O)cc(S(=O)(=O)O)c23)c1. The molecule has 190 valence electrons. The average Bonchev–Trinajstić information content (AvgIpc) is 2.67. The Labute approximate surface area is 203 Å². The van der Waals surface area contributed by atoms with E-state index in [1.807, 2.05) is 32.9 Å². The second kappa shape index (κ2) is 9.04. The van der Waals surface area contributed by atoms with E-state index < -0.39 is 45.0 Å². The number of rotatable bonds is 7. The summed E-state index contributed by atoms with van der Waals surface area (Å²) >= 11 is 0. The predicted octanol–water partition coefficient (Wildman–Crippen LogP) is 3.40. The summed E-state index contributed by atoms with van der Waals surface area (Å²) in [6.45, 7) is 5.99. The van der Waals surface area contributed by atoms with Crippen LogP contribution in [-0.2, 0) is 36.9 Å². The third kappa shape index (κ3) is 6.68. The van der Waals surface area contributed by atoms with E-state index in [4.69, 9.17) is 0 Å². The molecule has 11 nitrogen and oxygen atoms in total. The highest BCUT2D eigenvalue weighted by Crippen LogP contribution is 2.35. The molecule has 0 aliphatic rings. The van der Waals surface area contributed by atoms with E-state index in [9.17, 15) is 38.9 Å². The van der Waals surface area contributed by atoms with Crippen molar-refractivity contribution in [3.8, 4) is 0 Å². The molecule has 0 atom stereocenters. The summed E-state index contributed by atoms with van der Waals surface area (Å²) in [6.07, 6.45) is 0. The summed E-state index contributed by atoms with van der Waals surface area (Å²) in [7, 11) is -14.8. The first kappa shape index (κ1) is 26.8. The van der Waals surface area contributed by atoms with Gasteiger partial charge in [0.05, 0.1) is 9.79 Å². The number of hydrogen-bond acceptors (Lipinski definition) is 8. The van der Waals surface area contributed by atoms with Gasteiger partial charge in [0.25, 0.3) is 30.4 Å². The van der Waals surface area contributed by atoms with Crippen LogP contribution in [-0.4, -0.2) is 44.5 Å². The molecule has 0 heterocycles. The second-order valence-electron chi connectivity index (χ2n) is 8.84. The van der Waals surface area contributed by atoms with Gasteiger partial charge >= 0.3 is 0 Å². The minimum absolute atomic E-state index is 0.0641. The molecule has 3 aromatic carbocycles. The summed E-state index contributed by atoms with van der Waals surface area (Å²) < 4.78 is 99.9. The van der Waals surface area contributed by atoms with Crippen LogP contribution in [0.4, 0.5) is 11.4 Å². The van der Waals surface area contributed by atoms with E-state index in [0.717, 1.165) is 23.9 Å². The molecule has 0 saturated heterocycles. The standard InChI is InChI=1S/C21H24N2O9S3/c1-21(2,3)23-15-6-4-5-13(7-15)12-22-18-10-16(33(24,25)26)8-14-9-17(34(27,28)29)11-19(20(14)18)35(30,31)32/h4-11,22-23H,12H2,1-3H3,(H,24,25,26)(H,27,28,29)(H,30,31,32). The zero-order valence-corrected chi connectivity index (χ0v) is 21.3. The molecule has 0 aromatic heterocycles. The molecule has 0 aliphatic heterocycles. The lowest BCUT2D eigenvalue weighted by Gasteiger charge is -2.22. The van der Waals surface area contributed by atoms with Gasteiger partial charge in [-0.05, 0) is 68.1 Å². The lowest BCUT2D eigenvalue weighted by Crippen LogP contribution is -2.26. The fraction of sp³-hybridized carbons (Fsp3) is 0.238. The first-order chi connectivity index (χ1) is 15.8.